The van der Waals surface area contributed by atoms with Crippen molar-refractivity contribution in [1.82, 2.24) is 4.90 Å². The summed E-state index contributed by atoms with van der Waals surface area (Å²) in [7, 11) is 0. The van der Waals surface area contributed by atoms with E-state index >= 15 is 0 Å². The Hall–Kier alpha value is -1.39. The van der Waals surface area contributed by atoms with Gasteiger partial charge in [0, 0.05) is 13.0 Å². The van der Waals surface area contributed by atoms with E-state index in [1.54, 1.807) is 0 Å². The summed E-state index contributed by atoms with van der Waals surface area (Å²) in [5.41, 5.74) is 0. The average Bonchev–Trinajstić information content (AvgIpc) is 2.67. The molecule has 0 bridgehead atoms. The molecule has 94 valence electrons. The molecule has 0 radical (unpaired) electrons. The van der Waals surface area contributed by atoms with Crippen LogP contribution in [0.25, 0.3) is 0 Å². The minimum absolute atomic E-state index is 0.0405. The van der Waals surface area contributed by atoms with E-state index in [0.717, 1.165) is 25.7 Å². The number of Topliss-reactive ketones (excluding diaryl/α,β-unsaturated/α-hetero) is 1. The highest BCUT2D eigenvalue weighted by atomic mass is 16.4. The molecule has 1 N–H and O–H groups in total. The molecule has 0 aromatic rings. The zero-order chi connectivity index (χ0) is 12.6. The number of hydrogen-bond acceptors (Lipinski definition) is 3. The van der Waals surface area contributed by atoms with E-state index in [1.807, 2.05) is 0 Å². The predicted molar refractivity (Wildman–Crippen MR) is 59.3 cm³/mol. The van der Waals surface area contributed by atoms with E-state index in [2.05, 4.69) is 0 Å². The average molecular weight is 239 g/mol. The molecular weight excluding hydrogens is 222 g/mol. The SMILES string of the molecule is CC(=O)C(=O)N1[C@@H]2CCCC[C@@H]2C[C@H]1C(=O)O. The van der Waals surface area contributed by atoms with E-state index in [9.17, 15) is 14.4 Å². The first-order valence-corrected chi connectivity index (χ1v) is 6.08. The van der Waals surface area contributed by atoms with Crippen LogP contribution in [0.2, 0.25) is 0 Å². The van der Waals surface area contributed by atoms with Gasteiger partial charge in [-0.05, 0) is 25.2 Å². The number of aliphatic carboxylic acids is 1. The van der Waals surface area contributed by atoms with Crippen LogP contribution < -0.4 is 0 Å². The molecule has 1 amide bonds. The molecule has 0 unspecified atom stereocenters. The summed E-state index contributed by atoms with van der Waals surface area (Å²) in [5.74, 6) is -1.93. The molecule has 1 aliphatic heterocycles. The van der Waals surface area contributed by atoms with Crippen molar-refractivity contribution in [1.29, 1.82) is 0 Å². The molecule has 5 nitrogen and oxygen atoms in total. The molecule has 1 aliphatic carbocycles. The van der Waals surface area contributed by atoms with Crippen molar-refractivity contribution < 1.29 is 19.5 Å². The Kier molecular flexibility index (Phi) is 3.17. The number of carboxylic acid groups (broad SMARTS) is 1. The fourth-order valence-electron chi connectivity index (χ4n) is 3.15. The van der Waals surface area contributed by atoms with Gasteiger partial charge < -0.3 is 10.0 Å². The van der Waals surface area contributed by atoms with Crippen LogP contribution in [-0.2, 0) is 14.4 Å². The van der Waals surface area contributed by atoms with E-state index in [4.69, 9.17) is 5.11 Å². The van der Waals surface area contributed by atoms with Crippen LogP contribution in [0.4, 0.5) is 0 Å². The standard InChI is InChI=1S/C12H17NO4/c1-7(14)11(15)13-9-5-3-2-4-8(9)6-10(13)12(16)17/h8-10H,2-6H2,1H3,(H,16,17)/t8-,9-,10+/m1/s1. The Morgan fingerprint density at radius 1 is 1.18 bits per heavy atom. The number of amides is 1. The number of ketones is 1. The van der Waals surface area contributed by atoms with Gasteiger partial charge in [0.05, 0.1) is 0 Å². The van der Waals surface area contributed by atoms with Crippen LogP contribution in [0.1, 0.15) is 39.0 Å². The predicted octanol–water partition coefficient (Wildman–Crippen LogP) is 0.820. The Labute approximate surface area is 99.8 Å². The fraction of sp³-hybridized carbons (Fsp3) is 0.750. The molecule has 17 heavy (non-hydrogen) atoms. The van der Waals surface area contributed by atoms with Gasteiger partial charge >= 0.3 is 5.97 Å². The number of carboxylic acids is 1. The zero-order valence-electron chi connectivity index (χ0n) is 9.89. The third-order valence-electron chi connectivity index (χ3n) is 3.91. The molecule has 1 saturated heterocycles. The molecule has 2 rings (SSSR count). The van der Waals surface area contributed by atoms with E-state index < -0.39 is 23.7 Å². The van der Waals surface area contributed by atoms with Crippen LogP contribution >= 0.6 is 0 Å². The highest BCUT2D eigenvalue weighted by molar-refractivity contribution is 6.35. The van der Waals surface area contributed by atoms with Crippen molar-refractivity contribution in [3.05, 3.63) is 0 Å². The Morgan fingerprint density at radius 3 is 2.41 bits per heavy atom. The first-order valence-electron chi connectivity index (χ1n) is 6.08. The van der Waals surface area contributed by atoms with Gasteiger partial charge in [-0.1, -0.05) is 12.8 Å². The van der Waals surface area contributed by atoms with Gasteiger partial charge in [0.15, 0.2) is 0 Å². The molecule has 1 saturated carbocycles. The normalized spacial score (nSPS) is 32.1. The largest absolute Gasteiger partial charge is 0.480 e. The quantitative estimate of drug-likeness (QED) is 0.724. The number of likely N-dealkylation sites (tertiary alicyclic amines) is 1. The van der Waals surface area contributed by atoms with Gasteiger partial charge in [0.1, 0.15) is 6.04 Å². The first kappa shape index (κ1) is 12.1. The van der Waals surface area contributed by atoms with Crippen LogP contribution in [-0.4, -0.2) is 39.7 Å². The maximum atomic E-state index is 11.8. The number of nitrogens with zero attached hydrogens (tertiary/aromatic N) is 1. The summed E-state index contributed by atoms with van der Waals surface area (Å²) in [6.45, 7) is 1.21. The summed E-state index contributed by atoms with van der Waals surface area (Å²) in [6, 6.07) is -0.847. The lowest BCUT2D eigenvalue weighted by atomic mass is 9.84. The lowest BCUT2D eigenvalue weighted by molar-refractivity contribution is -0.153. The van der Waals surface area contributed by atoms with Crippen molar-refractivity contribution in [3.63, 3.8) is 0 Å². The summed E-state index contributed by atoms with van der Waals surface area (Å²) < 4.78 is 0. The van der Waals surface area contributed by atoms with Gasteiger partial charge in [-0.15, -0.1) is 0 Å². The minimum atomic E-state index is -0.992. The molecular formula is C12H17NO4. The van der Waals surface area contributed by atoms with E-state index in [1.165, 1.54) is 11.8 Å². The Bertz CT molecular complexity index is 366. The number of rotatable bonds is 2. The topological polar surface area (TPSA) is 74.7 Å². The van der Waals surface area contributed by atoms with Crippen molar-refractivity contribution in [2.45, 2.75) is 51.1 Å². The van der Waals surface area contributed by atoms with Crippen molar-refractivity contribution in [2.24, 2.45) is 5.92 Å². The summed E-state index contributed by atoms with van der Waals surface area (Å²) in [6.07, 6.45) is 4.40. The summed E-state index contributed by atoms with van der Waals surface area (Å²) in [5, 5.41) is 9.16. The maximum Gasteiger partial charge on any atom is 0.326 e. The third-order valence-corrected chi connectivity index (χ3v) is 3.91. The molecule has 1 heterocycles. The molecule has 2 aliphatic rings. The highest BCUT2D eigenvalue weighted by Gasteiger charge is 2.48. The van der Waals surface area contributed by atoms with E-state index in [-0.39, 0.29) is 12.0 Å². The molecule has 2 fully saturated rings. The maximum absolute atomic E-state index is 11.8. The second-order valence-electron chi connectivity index (χ2n) is 4.97. The fourth-order valence-corrected chi connectivity index (χ4v) is 3.15. The summed E-state index contributed by atoms with van der Waals surface area (Å²) >= 11 is 0. The zero-order valence-corrected chi connectivity index (χ0v) is 9.89. The van der Waals surface area contributed by atoms with Gasteiger partial charge in [0.2, 0.25) is 5.78 Å². The highest BCUT2D eigenvalue weighted by Crippen LogP contribution is 2.39. The Balaban J connectivity index is 2.26. The van der Waals surface area contributed by atoms with Gasteiger partial charge in [-0.2, -0.15) is 0 Å². The number of hydrogen-bond donors (Lipinski definition) is 1. The molecule has 3 atom stereocenters. The monoisotopic (exact) mass is 239 g/mol. The Morgan fingerprint density at radius 2 is 1.82 bits per heavy atom. The first-order chi connectivity index (χ1) is 8.02. The van der Waals surface area contributed by atoms with Crippen molar-refractivity contribution >= 4 is 17.7 Å². The molecule has 0 aromatic heterocycles. The van der Waals surface area contributed by atoms with Crippen LogP contribution in [0.5, 0.6) is 0 Å². The van der Waals surface area contributed by atoms with Crippen LogP contribution in [0.15, 0.2) is 0 Å². The van der Waals surface area contributed by atoms with E-state index in [0.29, 0.717) is 6.42 Å². The van der Waals surface area contributed by atoms with Gasteiger partial charge in [-0.25, -0.2) is 4.79 Å². The molecule has 5 heteroatoms. The smallest absolute Gasteiger partial charge is 0.326 e. The van der Waals surface area contributed by atoms with Gasteiger partial charge in [0.25, 0.3) is 5.91 Å². The number of carbonyl (C=O) groups is 3. The lowest BCUT2D eigenvalue weighted by Gasteiger charge is -2.32. The van der Waals surface area contributed by atoms with Crippen molar-refractivity contribution in [2.75, 3.05) is 0 Å². The number of carbonyl (C=O) groups excluding carboxylic acids is 2. The molecule has 0 aromatic carbocycles. The number of fused-ring (bicyclic) bond motifs is 1. The minimum Gasteiger partial charge on any atom is -0.480 e. The third kappa shape index (κ3) is 2.06. The lowest BCUT2D eigenvalue weighted by Crippen LogP contribution is -2.48. The van der Waals surface area contributed by atoms with Crippen molar-refractivity contribution in [3.8, 4) is 0 Å². The van der Waals surface area contributed by atoms with Crippen LogP contribution in [0, 0.1) is 5.92 Å². The molecule has 0 spiro atoms. The second kappa shape index (κ2) is 4.47. The van der Waals surface area contributed by atoms with Gasteiger partial charge in [-0.3, -0.25) is 9.59 Å². The van der Waals surface area contributed by atoms with Crippen LogP contribution in [0.3, 0.4) is 0 Å². The second-order valence-corrected chi connectivity index (χ2v) is 4.97. The summed E-state index contributed by atoms with van der Waals surface area (Å²) in [4.78, 5) is 35.5.